The number of hydrogen-bond acceptors (Lipinski definition) is 5. The first kappa shape index (κ1) is 20.2. The highest BCUT2D eigenvalue weighted by atomic mass is 32.2. The van der Waals surface area contributed by atoms with Gasteiger partial charge in [-0.15, -0.1) is 0 Å². The van der Waals surface area contributed by atoms with E-state index in [0.29, 0.717) is 33.7 Å². The summed E-state index contributed by atoms with van der Waals surface area (Å²) < 4.78 is 17.9. The molecule has 146 valence electrons. The van der Waals surface area contributed by atoms with Gasteiger partial charge in [0.05, 0.1) is 16.6 Å². The van der Waals surface area contributed by atoms with Crippen LogP contribution in [0.1, 0.15) is 38.8 Å². The lowest BCUT2D eigenvalue weighted by molar-refractivity contribution is 0.561. The smallest absolute Gasteiger partial charge is 0.261 e. The molecule has 6 nitrogen and oxygen atoms in total. The molecule has 0 spiro atoms. The zero-order valence-corrected chi connectivity index (χ0v) is 17.8. The lowest BCUT2D eigenvalue weighted by atomic mass is 10.0. The summed E-state index contributed by atoms with van der Waals surface area (Å²) in [4.78, 5) is 22.1. The van der Waals surface area contributed by atoms with Crippen LogP contribution in [0.4, 0.5) is 0 Å². The molecule has 7 heteroatoms. The molecule has 2 aromatic heterocycles. The topological polar surface area (TPSA) is 83.2 Å². The molecule has 0 N–H and O–H groups in total. The maximum atomic E-state index is 13.0. The highest BCUT2D eigenvalue weighted by molar-refractivity contribution is 7.91. The Hall–Kier alpha value is -2.51. The minimum atomic E-state index is -1.40. The summed E-state index contributed by atoms with van der Waals surface area (Å²) in [5.74, 6) is 0.480. The SMILES string of the molecule is C/C(=N/[S@+]([O-])C(C)(C)C)c1cc(C)cc2c(=O)n(C)c(-c3ccccn3)nc12. The second kappa shape index (κ2) is 7.48. The lowest BCUT2D eigenvalue weighted by Crippen LogP contribution is -2.27. The predicted octanol–water partition coefficient (Wildman–Crippen LogP) is 3.58. The van der Waals surface area contributed by atoms with Crippen LogP contribution in [-0.2, 0) is 18.4 Å². The first-order valence-corrected chi connectivity index (χ1v) is 10.1. The third-order valence-corrected chi connectivity index (χ3v) is 5.84. The van der Waals surface area contributed by atoms with Crippen molar-refractivity contribution in [1.29, 1.82) is 0 Å². The minimum absolute atomic E-state index is 0.152. The average Bonchev–Trinajstić information content (AvgIpc) is 2.64. The molecule has 0 aliphatic heterocycles. The molecule has 3 aromatic rings. The molecule has 0 unspecified atom stereocenters. The van der Waals surface area contributed by atoms with Crippen LogP contribution < -0.4 is 5.56 Å². The Bertz CT molecular complexity index is 1120. The van der Waals surface area contributed by atoms with E-state index < -0.39 is 16.1 Å². The van der Waals surface area contributed by atoms with Crippen molar-refractivity contribution in [2.75, 3.05) is 0 Å². The van der Waals surface area contributed by atoms with E-state index in [4.69, 9.17) is 4.98 Å². The second-order valence-electron chi connectivity index (χ2n) is 7.76. The van der Waals surface area contributed by atoms with Crippen LogP contribution in [0.5, 0.6) is 0 Å². The Morgan fingerprint density at radius 2 is 1.96 bits per heavy atom. The number of nitrogens with zero attached hydrogens (tertiary/aromatic N) is 4. The van der Waals surface area contributed by atoms with E-state index in [9.17, 15) is 9.35 Å². The summed E-state index contributed by atoms with van der Waals surface area (Å²) in [6.07, 6.45) is 1.67. The first-order valence-electron chi connectivity index (χ1n) is 9.00. The number of hydrogen-bond donors (Lipinski definition) is 0. The van der Waals surface area contributed by atoms with Crippen LogP contribution in [0.15, 0.2) is 45.7 Å². The van der Waals surface area contributed by atoms with Gasteiger partial charge in [-0.05, 0) is 64.4 Å². The number of rotatable bonds is 3. The van der Waals surface area contributed by atoms with Gasteiger partial charge in [0.1, 0.15) is 21.8 Å². The fourth-order valence-corrected chi connectivity index (χ4v) is 3.45. The Kier molecular flexibility index (Phi) is 5.41. The molecule has 3 rings (SSSR count). The summed E-state index contributed by atoms with van der Waals surface area (Å²) in [6.45, 7) is 9.35. The third-order valence-electron chi connectivity index (χ3n) is 4.35. The van der Waals surface area contributed by atoms with Crippen molar-refractivity contribution in [3.63, 3.8) is 0 Å². The van der Waals surface area contributed by atoms with Gasteiger partial charge < -0.3 is 4.55 Å². The molecule has 1 atom stereocenters. The van der Waals surface area contributed by atoms with E-state index in [1.165, 1.54) is 4.57 Å². The van der Waals surface area contributed by atoms with E-state index in [1.807, 2.05) is 58.0 Å². The fraction of sp³-hybridized carbons (Fsp3) is 0.333. The first-order chi connectivity index (χ1) is 13.1. The Morgan fingerprint density at radius 1 is 1.25 bits per heavy atom. The molecule has 2 heterocycles. The van der Waals surface area contributed by atoms with Crippen LogP contribution in [0.25, 0.3) is 22.4 Å². The van der Waals surface area contributed by atoms with Crippen molar-refractivity contribution in [3.8, 4) is 11.5 Å². The quantitative estimate of drug-likeness (QED) is 0.500. The standard InChI is InChI=1S/C21H24N4O2S/c1-13-11-15(14(2)24-28(27)21(3,4)5)18-16(12-13)20(26)25(6)19(23-18)17-9-7-8-10-22-17/h7-12H,1-6H3/b24-14-/t28-/m1/s1. The van der Waals surface area contributed by atoms with Gasteiger partial charge in [0, 0.05) is 18.8 Å². The number of benzene rings is 1. The number of pyridine rings is 1. The van der Waals surface area contributed by atoms with Crippen LogP contribution in [0.2, 0.25) is 0 Å². The Balaban J connectivity index is 2.31. The summed E-state index contributed by atoms with van der Waals surface area (Å²) in [6, 6.07) is 9.24. The normalized spacial score (nSPS) is 13.8. The molecule has 0 radical (unpaired) electrons. The van der Waals surface area contributed by atoms with E-state index >= 15 is 0 Å². The summed E-state index contributed by atoms with van der Waals surface area (Å²) in [7, 11) is 1.69. The molecule has 0 fully saturated rings. The molecule has 0 bridgehead atoms. The maximum absolute atomic E-state index is 13.0. The molecule has 0 aliphatic rings. The van der Waals surface area contributed by atoms with Gasteiger partial charge in [-0.2, -0.15) is 0 Å². The number of aromatic nitrogens is 3. The zero-order chi connectivity index (χ0) is 20.6. The molecule has 0 amide bonds. The van der Waals surface area contributed by atoms with Crippen LogP contribution in [-0.4, -0.2) is 29.5 Å². The van der Waals surface area contributed by atoms with E-state index in [0.717, 1.165) is 5.56 Å². The van der Waals surface area contributed by atoms with E-state index in [-0.39, 0.29) is 5.56 Å². The van der Waals surface area contributed by atoms with E-state index in [2.05, 4.69) is 9.38 Å². The average molecular weight is 397 g/mol. The van der Waals surface area contributed by atoms with Gasteiger partial charge in [0.2, 0.25) is 0 Å². The monoisotopic (exact) mass is 396 g/mol. The largest absolute Gasteiger partial charge is 0.591 e. The molecule has 0 saturated heterocycles. The Morgan fingerprint density at radius 3 is 2.57 bits per heavy atom. The van der Waals surface area contributed by atoms with Crippen molar-refractivity contribution < 1.29 is 4.55 Å². The van der Waals surface area contributed by atoms with Crippen molar-refractivity contribution in [3.05, 3.63) is 58.0 Å². The van der Waals surface area contributed by atoms with Gasteiger partial charge in [0.25, 0.3) is 5.56 Å². The summed E-state index contributed by atoms with van der Waals surface area (Å²) in [5, 5.41) is 0.508. The lowest BCUT2D eigenvalue weighted by Gasteiger charge is -2.19. The predicted molar refractivity (Wildman–Crippen MR) is 115 cm³/mol. The Labute approximate surface area is 167 Å². The van der Waals surface area contributed by atoms with Gasteiger partial charge in [0.15, 0.2) is 5.82 Å². The molecule has 0 aliphatic carbocycles. The van der Waals surface area contributed by atoms with Crippen molar-refractivity contribution in [2.45, 2.75) is 39.4 Å². The van der Waals surface area contributed by atoms with Crippen molar-refractivity contribution >= 4 is 28.0 Å². The van der Waals surface area contributed by atoms with Gasteiger partial charge in [-0.3, -0.25) is 14.3 Å². The van der Waals surface area contributed by atoms with Crippen LogP contribution in [0.3, 0.4) is 0 Å². The maximum Gasteiger partial charge on any atom is 0.261 e. The molecular weight excluding hydrogens is 372 g/mol. The molecular formula is C21H24N4O2S. The van der Waals surface area contributed by atoms with Gasteiger partial charge in [-0.1, -0.05) is 10.5 Å². The molecule has 1 aromatic carbocycles. The molecule has 0 saturated carbocycles. The summed E-state index contributed by atoms with van der Waals surface area (Å²) >= 11 is -1.40. The minimum Gasteiger partial charge on any atom is -0.591 e. The highest BCUT2D eigenvalue weighted by Gasteiger charge is 2.27. The number of aryl methyl sites for hydroxylation is 1. The fourth-order valence-electron chi connectivity index (χ4n) is 2.83. The second-order valence-corrected chi connectivity index (χ2v) is 9.67. The van der Waals surface area contributed by atoms with Crippen molar-refractivity contribution in [2.24, 2.45) is 11.4 Å². The van der Waals surface area contributed by atoms with Crippen LogP contribution in [0, 0.1) is 6.92 Å². The van der Waals surface area contributed by atoms with Crippen molar-refractivity contribution in [1.82, 2.24) is 14.5 Å². The third kappa shape index (κ3) is 3.86. The van der Waals surface area contributed by atoms with Gasteiger partial charge in [-0.25, -0.2) is 4.98 Å². The highest BCUT2D eigenvalue weighted by Crippen LogP contribution is 2.23. The van der Waals surface area contributed by atoms with Crippen LogP contribution >= 0.6 is 0 Å². The number of fused-ring (bicyclic) bond motifs is 1. The van der Waals surface area contributed by atoms with E-state index in [1.54, 1.807) is 20.2 Å². The van der Waals surface area contributed by atoms with Gasteiger partial charge >= 0.3 is 0 Å². The zero-order valence-electron chi connectivity index (χ0n) is 17.0. The molecule has 28 heavy (non-hydrogen) atoms. The summed E-state index contributed by atoms with van der Waals surface area (Å²) in [5.41, 5.74) is 3.23.